The van der Waals surface area contributed by atoms with Gasteiger partial charge in [0.15, 0.2) is 0 Å². The Morgan fingerprint density at radius 1 is 1.44 bits per heavy atom. The van der Waals surface area contributed by atoms with Crippen LogP contribution in [0.4, 0.5) is 5.69 Å². The molecular formula is C14H21BrN2O. The summed E-state index contributed by atoms with van der Waals surface area (Å²) in [5.41, 5.74) is 1.06. The molecule has 0 saturated carbocycles. The van der Waals surface area contributed by atoms with E-state index in [1.165, 1.54) is 25.8 Å². The monoisotopic (exact) mass is 312 g/mol. The molecule has 2 rings (SSSR count). The summed E-state index contributed by atoms with van der Waals surface area (Å²) in [4.78, 5) is 0. The van der Waals surface area contributed by atoms with E-state index in [1.807, 2.05) is 12.1 Å². The zero-order valence-corrected chi connectivity index (χ0v) is 12.4. The van der Waals surface area contributed by atoms with E-state index in [4.69, 9.17) is 4.74 Å². The number of anilines is 1. The topological polar surface area (TPSA) is 33.3 Å². The summed E-state index contributed by atoms with van der Waals surface area (Å²) in [6, 6.07) is 6.70. The minimum Gasteiger partial charge on any atom is -0.495 e. The fourth-order valence-corrected chi connectivity index (χ4v) is 2.73. The van der Waals surface area contributed by atoms with Gasteiger partial charge in [-0.15, -0.1) is 0 Å². The Bertz CT molecular complexity index is 378. The Hall–Kier alpha value is -0.740. The maximum absolute atomic E-state index is 5.34. The molecule has 4 heteroatoms. The fourth-order valence-electron chi connectivity index (χ4n) is 2.37. The first-order chi connectivity index (χ1) is 8.79. The van der Waals surface area contributed by atoms with E-state index in [2.05, 4.69) is 32.6 Å². The van der Waals surface area contributed by atoms with Crippen LogP contribution in [0.5, 0.6) is 5.75 Å². The Balaban J connectivity index is 1.83. The molecule has 0 aliphatic carbocycles. The average Bonchev–Trinajstić information content (AvgIpc) is 2.40. The van der Waals surface area contributed by atoms with Crippen LogP contribution < -0.4 is 15.4 Å². The molecule has 1 heterocycles. The molecule has 100 valence electrons. The standard InChI is InChI=1S/C14H21BrN2O/c1-18-14-6-5-11(15)10-13(14)17-9-7-12-4-2-3-8-16-12/h5-6,10,12,16-17H,2-4,7-9H2,1H3. The summed E-state index contributed by atoms with van der Waals surface area (Å²) in [5.74, 6) is 0.898. The highest BCUT2D eigenvalue weighted by Crippen LogP contribution is 2.27. The lowest BCUT2D eigenvalue weighted by molar-refractivity contribution is 0.388. The summed E-state index contributed by atoms with van der Waals surface area (Å²) in [6.45, 7) is 2.15. The summed E-state index contributed by atoms with van der Waals surface area (Å²) in [7, 11) is 1.71. The van der Waals surface area contributed by atoms with Crippen LogP contribution in [0.25, 0.3) is 0 Å². The molecule has 0 radical (unpaired) electrons. The van der Waals surface area contributed by atoms with Crippen molar-refractivity contribution in [3.05, 3.63) is 22.7 Å². The maximum Gasteiger partial charge on any atom is 0.142 e. The van der Waals surface area contributed by atoms with Crippen LogP contribution in [0.2, 0.25) is 0 Å². The van der Waals surface area contributed by atoms with Crippen molar-refractivity contribution in [2.75, 3.05) is 25.5 Å². The Morgan fingerprint density at radius 3 is 3.06 bits per heavy atom. The number of piperidine rings is 1. The molecule has 1 aliphatic heterocycles. The molecule has 0 amide bonds. The van der Waals surface area contributed by atoms with Gasteiger partial charge in [-0.1, -0.05) is 22.4 Å². The van der Waals surface area contributed by atoms with E-state index in [1.54, 1.807) is 7.11 Å². The number of hydrogen-bond donors (Lipinski definition) is 2. The zero-order valence-electron chi connectivity index (χ0n) is 10.8. The molecule has 0 bridgehead atoms. The van der Waals surface area contributed by atoms with Crippen LogP contribution in [0, 0.1) is 0 Å². The lowest BCUT2D eigenvalue weighted by Crippen LogP contribution is -2.35. The largest absolute Gasteiger partial charge is 0.495 e. The van der Waals surface area contributed by atoms with E-state index >= 15 is 0 Å². The lowest BCUT2D eigenvalue weighted by atomic mass is 10.0. The molecular weight excluding hydrogens is 292 g/mol. The maximum atomic E-state index is 5.34. The smallest absolute Gasteiger partial charge is 0.142 e. The average molecular weight is 313 g/mol. The summed E-state index contributed by atoms with van der Waals surface area (Å²) in [6.07, 6.45) is 5.15. The van der Waals surface area contributed by atoms with Crippen LogP contribution in [0.3, 0.4) is 0 Å². The van der Waals surface area contributed by atoms with Gasteiger partial charge in [-0.2, -0.15) is 0 Å². The number of methoxy groups -OCH3 is 1. The second kappa shape index (κ2) is 7.00. The summed E-state index contributed by atoms with van der Waals surface area (Å²) >= 11 is 3.49. The number of nitrogens with one attached hydrogen (secondary N) is 2. The van der Waals surface area contributed by atoms with E-state index in [-0.39, 0.29) is 0 Å². The molecule has 1 saturated heterocycles. The van der Waals surface area contributed by atoms with Gasteiger partial charge < -0.3 is 15.4 Å². The van der Waals surface area contributed by atoms with E-state index in [0.717, 1.165) is 28.9 Å². The first-order valence-corrected chi connectivity index (χ1v) is 7.39. The van der Waals surface area contributed by atoms with Gasteiger partial charge in [0, 0.05) is 17.1 Å². The number of ether oxygens (including phenoxy) is 1. The van der Waals surface area contributed by atoms with Gasteiger partial charge in [-0.25, -0.2) is 0 Å². The second-order valence-electron chi connectivity index (χ2n) is 4.71. The third-order valence-corrected chi connectivity index (χ3v) is 3.88. The van der Waals surface area contributed by atoms with Crippen LogP contribution in [0.15, 0.2) is 22.7 Å². The first kappa shape index (κ1) is 13.7. The number of hydrogen-bond acceptors (Lipinski definition) is 3. The number of rotatable bonds is 5. The molecule has 1 aromatic carbocycles. The molecule has 3 nitrogen and oxygen atoms in total. The van der Waals surface area contributed by atoms with Crippen LogP contribution in [-0.4, -0.2) is 26.2 Å². The third-order valence-electron chi connectivity index (χ3n) is 3.38. The fraction of sp³-hybridized carbons (Fsp3) is 0.571. The minimum atomic E-state index is 0.671. The Kier molecular flexibility index (Phi) is 5.32. The molecule has 0 aromatic heterocycles. The van der Waals surface area contributed by atoms with Crippen molar-refractivity contribution in [1.82, 2.24) is 5.32 Å². The van der Waals surface area contributed by atoms with Crippen LogP contribution >= 0.6 is 15.9 Å². The van der Waals surface area contributed by atoms with Gasteiger partial charge >= 0.3 is 0 Å². The second-order valence-corrected chi connectivity index (χ2v) is 5.62. The lowest BCUT2D eigenvalue weighted by Gasteiger charge is -2.23. The molecule has 1 fully saturated rings. The van der Waals surface area contributed by atoms with Crippen molar-refractivity contribution in [3.8, 4) is 5.75 Å². The van der Waals surface area contributed by atoms with E-state index in [9.17, 15) is 0 Å². The Morgan fingerprint density at radius 2 is 2.33 bits per heavy atom. The van der Waals surface area contributed by atoms with Crippen molar-refractivity contribution >= 4 is 21.6 Å². The summed E-state index contributed by atoms with van der Waals surface area (Å²) in [5, 5.41) is 7.02. The number of benzene rings is 1. The quantitative estimate of drug-likeness (QED) is 0.874. The third kappa shape index (κ3) is 3.89. The normalized spacial score (nSPS) is 19.6. The van der Waals surface area contributed by atoms with Crippen LogP contribution in [-0.2, 0) is 0 Å². The molecule has 18 heavy (non-hydrogen) atoms. The van der Waals surface area contributed by atoms with Crippen molar-refractivity contribution < 1.29 is 4.74 Å². The first-order valence-electron chi connectivity index (χ1n) is 6.60. The van der Waals surface area contributed by atoms with Crippen molar-refractivity contribution in [2.45, 2.75) is 31.7 Å². The molecule has 1 atom stereocenters. The van der Waals surface area contributed by atoms with Gasteiger partial charge in [-0.05, 0) is 44.0 Å². The van der Waals surface area contributed by atoms with Crippen LogP contribution in [0.1, 0.15) is 25.7 Å². The van der Waals surface area contributed by atoms with Crippen molar-refractivity contribution in [2.24, 2.45) is 0 Å². The van der Waals surface area contributed by atoms with Crippen molar-refractivity contribution in [3.63, 3.8) is 0 Å². The number of halogens is 1. The highest BCUT2D eigenvalue weighted by molar-refractivity contribution is 9.10. The zero-order chi connectivity index (χ0) is 12.8. The molecule has 0 spiro atoms. The van der Waals surface area contributed by atoms with Gasteiger partial charge in [0.1, 0.15) is 5.75 Å². The van der Waals surface area contributed by atoms with Gasteiger partial charge in [-0.3, -0.25) is 0 Å². The molecule has 2 N–H and O–H groups in total. The SMILES string of the molecule is COc1ccc(Br)cc1NCCC1CCCCN1. The van der Waals surface area contributed by atoms with Gasteiger partial charge in [0.25, 0.3) is 0 Å². The van der Waals surface area contributed by atoms with Gasteiger partial charge in [0.2, 0.25) is 0 Å². The van der Waals surface area contributed by atoms with Crippen molar-refractivity contribution in [1.29, 1.82) is 0 Å². The highest BCUT2D eigenvalue weighted by Gasteiger charge is 2.12. The van der Waals surface area contributed by atoms with E-state index in [0.29, 0.717) is 6.04 Å². The van der Waals surface area contributed by atoms with Gasteiger partial charge in [0.05, 0.1) is 12.8 Å². The minimum absolute atomic E-state index is 0.671. The molecule has 1 aliphatic rings. The molecule has 1 unspecified atom stereocenters. The molecule has 1 aromatic rings. The predicted molar refractivity (Wildman–Crippen MR) is 79.4 cm³/mol. The van der Waals surface area contributed by atoms with E-state index < -0.39 is 0 Å². The Labute approximate surface area is 117 Å². The summed E-state index contributed by atoms with van der Waals surface area (Å²) < 4.78 is 6.41. The highest BCUT2D eigenvalue weighted by atomic mass is 79.9. The predicted octanol–water partition coefficient (Wildman–Crippen LogP) is 3.40.